The Hall–Kier alpha value is -3.16. The van der Waals surface area contributed by atoms with Gasteiger partial charge >= 0.3 is 0 Å². The summed E-state index contributed by atoms with van der Waals surface area (Å²) in [7, 11) is 2.30. The van der Waals surface area contributed by atoms with E-state index in [2.05, 4.69) is 34.8 Å². The second-order valence-electron chi connectivity index (χ2n) is 8.65. The fourth-order valence-corrected chi connectivity index (χ4v) is 4.20. The molecule has 1 aliphatic rings. The number of hydrogen-bond acceptors (Lipinski definition) is 4. The zero-order valence-corrected chi connectivity index (χ0v) is 18.7. The summed E-state index contributed by atoms with van der Waals surface area (Å²) in [5.41, 5.74) is 2.76. The molecule has 0 radical (unpaired) electrons. The van der Waals surface area contributed by atoms with Gasteiger partial charge in [-0.3, -0.25) is 9.59 Å². The number of aromatic amines is 1. The number of quaternary nitrogens is 1. The Morgan fingerprint density at radius 3 is 2.53 bits per heavy atom. The first-order chi connectivity index (χ1) is 15.5. The average Bonchev–Trinajstić information content (AvgIpc) is 2.79. The molecule has 1 saturated heterocycles. The maximum absolute atomic E-state index is 12.9. The van der Waals surface area contributed by atoms with Crippen LogP contribution in [-0.4, -0.2) is 55.2 Å². The van der Waals surface area contributed by atoms with Crippen LogP contribution in [0.15, 0.2) is 53.5 Å². The lowest BCUT2D eigenvalue weighted by Gasteiger charge is -2.38. The summed E-state index contributed by atoms with van der Waals surface area (Å²) in [6.07, 6.45) is 1.47. The number of aromatic nitrogens is 1. The molecule has 1 fully saturated rings. The zero-order chi connectivity index (χ0) is 22.6. The maximum atomic E-state index is 12.9. The first-order valence-electron chi connectivity index (χ1n) is 11.2. The van der Waals surface area contributed by atoms with Crippen molar-refractivity contribution >= 4 is 16.8 Å². The molecule has 1 aromatic heterocycles. The highest BCUT2D eigenvalue weighted by molar-refractivity contribution is 5.97. The van der Waals surface area contributed by atoms with Gasteiger partial charge in [-0.15, -0.1) is 0 Å². The second kappa shape index (κ2) is 9.54. The predicted octanol–water partition coefficient (Wildman–Crippen LogP) is 2.41. The standard InChI is InChI=1S/C25H30N4O3/c1-3-32-20-8-9-23-21(14-20)24(30)22(16-27-23)25(31)28-15-18-4-6-19(7-5-18)17-29(2)12-10-26-11-13-29/h4-9,14,16,26H,3,10-13,15,17H2,1-2H3,(H-,27,28,30,31)/p+1. The highest BCUT2D eigenvalue weighted by Crippen LogP contribution is 2.17. The number of nitrogens with one attached hydrogen (secondary N) is 3. The van der Waals surface area contributed by atoms with Crippen LogP contribution in [0.5, 0.6) is 5.75 Å². The number of pyridine rings is 1. The number of amides is 1. The van der Waals surface area contributed by atoms with Crippen molar-refractivity contribution in [2.45, 2.75) is 20.0 Å². The van der Waals surface area contributed by atoms with E-state index in [1.807, 2.05) is 19.1 Å². The quantitative estimate of drug-likeness (QED) is 0.498. The van der Waals surface area contributed by atoms with Gasteiger partial charge in [-0.05, 0) is 30.7 Å². The number of H-pyrrole nitrogens is 1. The molecule has 0 aliphatic carbocycles. The Labute approximate surface area is 188 Å². The summed E-state index contributed by atoms with van der Waals surface area (Å²) in [6.45, 7) is 8.14. The Bertz CT molecular complexity index is 1150. The molecule has 4 rings (SSSR count). The molecule has 1 aliphatic heterocycles. The van der Waals surface area contributed by atoms with Crippen molar-refractivity contribution in [3.8, 4) is 5.75 Å². The molecule has 0 unspecified atom stereocenters. The molecule has 2 heterocycles. The summed E-state index contributed by atoms with van der Waals surface area (Å²) in [4.78, 5) is 28.6. The number of fused-ring (bicyclic) bond motifs is 1. The molecular formula is C25H31N4O3+. The fraction of sp³-hybridized carbons (Fsp3) is 0.360. The minimum atomic E-state index is -0.391. The van der Waals surface area contributed by atoms with Crippen LogP contribution in [0.2, 0.25) is 0 Å². The minimum Gasteiger partial charge on any atom is -0.494 e. The highest BCUT2D eigenvalue weighted by Gasteiger charge is 2.24. The predicted molar refractivity (Wildman–Crippen MR) is 126 cm³/mol. The maximum Gasteiger partial charge on any atom is 0.257 e. The van der Waals surface area contributed by atoms with E-state index < -0.39 is 5.91 Å². The van der Waals surface area contributed by atoms with E-state index in [-0.39, 0.29) is 11.0 Å². The van der Waals surface area contributed by atoms with Crippen LogP contribution in [0.25, 0.3) is 10.9 Å². The van der Waals surface area contributed by atoms with E-state index in [0.29, 0.717) is 29.8 Å². The third-order valence-electron chi connectivity index (χ3n) is 6.11. The van der Waals surface area contributed by atoms with Crippen molar-refractivity contribution < 1.29 is 14.0 Å². The summed E-state index contributed by atoms with van der Waals surface area (Å²) in [5, 5.41) is 6.72. The fourth-order valence-electron chi connectivity index (χ4n) is 4.20. The molecular weight excluding hydrogens is 404 g/mol. The van der Waals surface area contributed by atoms with Gasteiger partial charge in [0, 0.05) is 42.3 Å². The van der Waals surface area contributed by atoms with Gasteiger partial charge in [0.1, 0.15) is 17.9 Å². The van der Waals surface area contributed by atoms with Gasteiger partial charge < -0.3 is 24.8 Å². The van der Waals surface area contributed by atoms with Crippen LogP contribution >= 0.6 is 0 Å². The molecule has 7 nitrogen and oxygen atoms in total. The van der Waals surface area contributed by atoms with E-state index in [1.54, 1.807) is 18.2 Å². The molecule has 3 aromatic rings. The summed E-state index contributed by atoms with van der Waals surface area (Å²) in [5.74, 6) is 0.220. The van der Waals surface area contributed by atoms with Gasteiger partial charge in [-0.2, -0.15) is 0 Å². The number of nitrogens with zero attached hydrogens (tertiary/aromatic N) is 1. The van der Waals surface area contributed by atoms with Crippen LogP contribution in [0.4, 0.5) is 0 Å². The molecule has 0 saturated carbocycles. The molecule has 7 heteroatoms. The minimum absolute atomic E-state index is 0.0962. The van der Waals surface area contributed by atoms with Gasteiger partial charge in [-0.25, -0.2) is 0 Å². The normalized spacial score (nSPS) is 15.4. The Balaban J connectivity index is 1.41. The van der Waals surface area contributed by atoms with Crippen molar-refractivity contribution in [3.63, 3.8) is 0 Å². The molecule has 3 N–H and O–H groups in total. The van der Waals surface area contributed by atoms with Crippen LogP contribution in [0.1, 0.15) is 28.4 Å². The SMILES string of the molecule is CCOc1ccc2[nH]cc(C(=O)NCc3ccc(C[N+]4(C)CCNCC4)cc3)c(=O)c2c1. The summed E-state index contributed by atoms with van der Waals surface area (Å²) >= 11 is 0. The van der Waals surface area contributed by atoms with Crippen LogP contribution in [0.3, 0.4) is 0 Å². The smallest absolute Gasteiger partial charge is 0.257 e. The Kier molecular flexibility index (Phi) is 6.58. The Morgan fingerprint density at radius 2 is 1.81 bits per heavy atom. The van der Waals surface area contributed by atoms with Crippen molar-refractivity contribution in [1.29, 1.82) is 0 Å². The average molecular weight is 436 g/mol. The number of ether oxygens (including phenoxy) is 1. The Morgan fingerprint density at radius 1 is 1.09 bits per heavy atom. The van der Waals surface area contributed by atoms with E-state index in [0.717, 1.165) is 42.8 Å². The third-order valence-corrected chi connectivity index (χ3v) is 6.11. The number of rotatable bonds is 7. The summed E-state index contributed by atoms with van der Waals surface area (Å²) in [6, 6.07) is 13.6. The lowest BCUT2D eigenvalue weighted by molar-refractivity contribution is -0.924. The zero-order valence-electron chi connectivity index (χ0n) is 18.7. The molecule has 0 bridgehead atoms. The van der Waals surface area contributed by atoms with E-state index in [9.17, 15) is 9.59 Å². The number of carbonyl (C=O) groups is 1. The topological polar surface area (TPSA) is 83.2 Å². The molecule has 0 spiro atoms. The first kappa shape index (κ1) is 22.0. The van der Waals surface area contributed by atoms with E-state index in [4.69, 9.17) is 4.74 Å². The van der Waals surface area contributed by atoms with Crippen molar-refractivity contribution in [1.82, 2.24) is 15.6 Å². The third kappa shape index (κ3) is 5.00. The number of hydrogen-bond donors (Lipinski definition) is 3. The number of carbonyl (C=O) groups excluding carboxylic acids is 1. The molecule has 32 heavy (non-hydrogen) atoms. The van der Waals surface area contributed by atoms with Gasteiger partial charge in [0.25, 0.3) is 5.91 Å². The second-order valence-corrected chi connectivity index (χ2v) is 8.65. The highest BCUT2D eigenvalue weighted by atomic mass is 16.5. The van der Waals surface area contributed by atoms with Gasteiger partial charge in [-0.1, -0.05) is 24.3 Å². The lowest BCUT2D eigenvalue weighted by Crippen LogP contribution is -2.55. The monoisotopic (exact) mass is 435 g/mol. The van der Waals surface area contributed by atoms with Crippen molar-refractivity contribution in [2.24, 2.45) is 0 Å². The van der Waals surface area contributed by atoms with E-state index in [1.165, 1.54) is 11.8 Å². The van der Waals surface area contributed by atoms with Crippen molar-refractivity contribution in [3.05, 3.63) is 75.6 Å². The van der Waals surface area contributed by atoms with Crippen LogP contribution in [-0.2, 0) is 13.1 Å². The van der Waals surface area contributed by atoms with Gasteiger partial charge in [0.05, 0.1) is 26.7 Å². The molecule has 2 aromatic carbocycles. The molecule has 0 atom stereocenters. The number of benzene rings is 2. The molecule has 168 valence electrons. The molecule has 1 amide bonds. The van der Waals surface area contributed by atoms with Crippen LogP contribution < -0.4 is 20.8 Å². The summed E-state index contributed by atoms with van der Waals surface area (Å²) < 4.78 is 6.52. The van der Waals surface area contributed by atoms with Crippen molar-refractivity contribution in [2.75, 3.05) is 39.8 Å². The largest absolute Gasteiger partial charge is 0.494 e. The number of likely N-dealkylation sites (N-methyl/N-ethyl adjacent to an activating group) is 1. The van der Waals surface area contributed by atoms with Gasteiger partial charge in [0.2, 0.25) is 5.43 Å². The lowest BCUT2D eigenvalue weighted by atomic mass is 10.1. The first-order valence-corrected chi connectivity index (χ1v) is 11.2. The van der Waals surface area contributed by atoms with Crippen LogP contribution in [0, 0.1) is 0 Å². The van der Waals surface area contributed by atoms with Gasteiger partial charge in [0.15, 0.2) is 0 Å². The number of piperazine rings is 1. The van der Waals surface area contributed by atoms with E-state index >= 15 is 0 Å².